The Kier molecular flexibility index (Phi) is 6.16. The normalized spacial score (nSPS) is 19.2. The van der Waals surface area contributed by atoms with Crippen molar-refractivity contribution in [1.82, 2.24) is 4.90 Å². The van der Waals surface area contributed by atoms with Crippen LogP contribution in [0.2, 0.25) is 10.0 Å². The van der Waals surface area contributed by atoms with E-state index in [4.69, 9.17) is 28.9 Å². The van der Waals surface area contributed by atoms with Crippen molar-refractivity contribution in [3.63, 3.8) is 0 Å². The summed E-state index contributed by atoms with van der Waals surface area (Å²) in [6.45, 7) is 6.43. The highest BCUT2D eigenvalue weighted by Gasteiger charge is 2.28. The van der Waals surface area contributed by atoms with E-state index in [1.54, 1.807) is 0 Å². The Balaban J connectivity index is 2.08. The first-order valence-electron chi connectivity index (χ1n) is 7.53. The van der Waals surface area contributed by atoms with E-state index in [1.807, 2.05) is 12.1 Å². The molecule has 4 heteroatoms. The maximum atomic E-state index is 6.37. The van der Waals surface area contributed by atoms with Gasteiger partial charge in [0.15, 0.2) is 0 Å². The van der Waals surface area contributed by atoms with Crippen LogP contribution >= 0.6 is 23.2 Å². The lowest BCUT2D eigenvalue weighted by atomic mass is 9.80. The molecule has 1 aromatic rings. The standard InChI is InChI=1S/C16H24Cl2N2/c1-2-8-20-9-6-12(7-10-20)14(11-19)13-4-3-5-15(17)16(13)18/h3-5,12,14H,2,6-11,19H2,1H3. The molecule has 1 atom stereocenters. The topological polar surface area (TPSA) is 29.3 Å². The van der Waals surface area contributed by atoms with Crippen LogP contribution < -0.4 is 5.73 Å². The van der Waals surface area contributed by atoms with E-state index in [9.17, 15) is 0 Å². The van der Waals surface area contributed by atoms with Gasteiger partial charge in [-0.2, -0.15) is 0 Å². The number of piperidine rings is 1. The van der Waals surface area contributed by atoms with E-state index in [0.717, 1.165) is 5.56 Å². The molecule has 1 fully saturated rings. The molecule has 1 heterocycles. The molecule has 2 nitrogen and oxygen atoms in total. The van der Waals surface area contributed by atoms with E-state index in [-0.39, 0.29) is 0 Å². The van der Waals surface area contributed by atoms with Gasteiger partial charge in [0.05, 0.1) is 10.0 Å². The van der Waals surface area contributed by atoms with Crippen LogP contribution in [0.4, 0.5) is 0 Å². The van der Waals surface area contributed by atoms with E-state index in [2.05, 4.69) is 17.9 Å². The van der Waals surface area contributed by atoms with Gasteiger partial charge in [-0.25, -0.2) is 0 Å². The van der Waals surface area contributed by atoms with Crippen LogP contribution in [0.3, 0.4) is 0 Å². The number of nitrogens with two attached hydrogens (primary N) is 1. The van der Waals surface area contributed by atoms with Crippen LogP contribution in [0.15, 0.2) is 18.2 Å². The van der Waals surface area contributed by atoms with Crippen molar-refractivity contribution >= 4 is 23.2 Å². The molecule has 2 rings (SSSR count). The Bertz CT molecular complexity index is 428. The molecule has 1 saturated heterocycles. The Hall–Kier alpha value is -0.280. The zero-order valence-corrected chi connectivity index (χ0v) is 13.6. The van der Waals surface area contributed by atoms with Gasteiger partial charge >= 0.3 is 0 Å². The number of hydrogen-bond acceptors (Lipinski definition) is 2. The second-order valence-electron chi connectivity index (χ2n) is 5.66. The average Bonchev–Trinajstić information content (AvgIpc) is 2.46. The molecule has 112 valence electrons. The highest BCUT2D eigenvalue weighted by atomic mass is 35.5. The third-order valence-corrected chi connectivity index (χ3v) is 5.21. The van der Waals surface area contributed by atoms with Gasteiger partial charge in [-0.1, -0.05) is 42.3 Å². The van der Waals surface area contributed by atoms with Crippen molar-refractivity contribution in [3.05, 3.63) is 33.8 Å². The minimum Gasteiger partial charge on any atom is -0.330 e. The number of hydrogen-bond donors (Lipinski definition) is 1. The fourth-order valence-corrected chi connectivity index (χ4v) is 3.72. The molecule has 1 unspecified atom stereocenters. The molecule has 0 radical (unpaired) electrons. The van der Waals surface area contributed by atoms with E-state index in [1.165, 1.54) is 38.9 Å². The Morgan fingerprint density at radius 1 is 1.30 bits per heavy atom. The van der Waals surface area contributed by atoms with Crippen molar-refractivity contribution in [2.45, 2.75) is 32.1 Å². The minimum absolute atomic E-state index is 0.324. The second-order valence-corrected chi connectivity index (χ2v) is 6.45. The SMILES string of the molecule is CCCN1CCC(C(CN)c2cccc(Cl)c2Cl)CC1. The van der Waals surface area contributed by atoms with Gasteiger partial charge in [-0.3, -0.25) is 0 Å². The highest BCUT2D eigenvalue weighted by Crippen LogP contribution is 2.38. The van der Waals surface area contributed by atoms with Crippen molar-refractivity contribution in [3.8, 4) is 0 Å². The summed E-state index contributed by atoms with van der Waals surface area (Å²) in [6.07, 6.45) is 3.63. The monoisotopic (exact) mass is 314 g/mol. The van der Waals surface area contributed by atoms with Crippen molar-refractivity contribution in [2.24, 2.45) is 11.7 Å². The Labute approximate surface area is 132 Å². The predicted octanol–water partition coefficient (Wildman–Crippen LogP) is 4.16. The van der Waals surface area contributed by atoms with E-state index >= 15 is 0 Å². The summed E-state index contributed by atoms with van der Waals surface area (Å²) in [5.74, 6) is 0.939. The summed E-state index contributed by atoms with van der Waals surface area (Å²) < 4.78 is 0. The molecule has 0 bridgehead atoms. The quantitative estimate of drug-likeness (QED) is 0.884. The predicted molar refractivity (Wildman–Crippen MR) is 87.7 cm³/mol. The fourth-order valence-electron chi connectivity index (χ4n) is 3.28. The number of likely N-dealkylation sites (tertiary alicyclic amines) is 1. The van der Waals surface area contributed by atoms with Crippen molar-refractivity contribution in [1.29, 1.82) is 0 Å². The Morgan fingerprint density at radius 2 is 2.00 bits per heavy atom. The zero-order chi connectivity index (χ0) is 14.5. The summed E-state index contributed by atoms with van der Waals surface area (Å²) in [5, 5.41) is 1.31. The minimum atomic E-state index is 0.324. The first kappa shape index (κ1) is 16.1. The van der Waals surface area contributed by atoms with Crippen LogP contribution in [0.25, 0.3) is 0 Å². The van der Waals surface area contributed by atoms with Crippen LogP contribution in [-0.4, -0.2) is 31.1 Å². The number of nitrogens with zero attached hydrogens (tertiary/aromatic N) is 1. The fraction of sp³-hybridized carbons (Fsp3) is 0.625. The molecular weight excluding hydrogens is 291 g/mol. The third-order valence-electron chi connectivity index (χ3n) is 4.38. The second kappa shape index (κ2) is 7.65. The number of halogens is 2. The maximum Gasteiger partial charge on any atom is 0.0627 e. The van der Waals surface area contributed by atoms with Gasteiger partial charge in [-0.05, 0) is 63.0 Å². The molecule has 1 aliphatic heterocycles. The molecule has 1 aliphatic rings. The first-order valence-corrected chi connectivity index (χ1v) is 8.29. The molecule has 0 aromatic heterocycles. The zero-order valence-electron chi connectivity index (χ0n) is 12.1. The number of benzene rings is 1. The summed E-state index contributed by atoms with van der Waals surface area (Å²) in [6, 6.07) is 5.88. The van der Waals surface area contributed by atoms with Gasteiger partial charge < -0.3 is 10.6 Å². The van der Waals surface area contributed by atoms with Gasteiger partial charge in [0, 0.05) is 5.92 Å². The van der Waals surface area contributed by atoms with Crippen LogP contribution in [0.1, 0.15) is 37.7 Å². The smallest absolute Gasteiger partial charge is 0.0627 e. The molecule has 0 saturated carbocycles. The van der Waals surface area contributed by atoms with E-state index in [0.29, 0.717) is 28.4 Å². The molecule has 0 amide bonds. The first-order chi connectivity index (χ1) is 9.67. The Morgan fingerprint density at radius 3 is 2.60 bits per heavy atom. The molecule has 0 aliphatic carbocycles. The third kappa shape index (κ3) is 3.67. The lowest BCUT2D eigenvalue weighted by Crippen LogP contribution is -2.37. The maximum absolute atomic E-state index is 6.37. The summed E-state index contributed by atoms with van der Waals surface area (Å²) in [4.78, 5) is 2.55. The summed E-state index contributed by atoms with van der Waals surface area (Å²) in [7, 11) is 0. The molecule has 20 heavy (non-hydrogen) atoms. The van der Waals surface area contributed by atoms with Crippen molar-refractivity contribution in [2.75, 3.05) is 26.2 Å². The van der Waals surface area contributed by atoms with Crippen LogP contribution in [-0.2, 0) is 0 Å². The lowest BCUT2D eigenvalue weighted by Gasteiger charge is -2.36. The summed E-state index contributed by atoms with van der Waals surface area (Å²) in [5.41, 5.74) is 7.15. The highest BCUT2D eigenvalue weighted by molar-refractivity contribution is 6.42. The van der Waals surface area contributed by atoms with Gasteiger partial charge in [-0.15, -0.1) is 0 Å². The van der Waals surface area contributed by atoms with Crippen LogP contribution in [0.5, 0.6) is 0 Å². The number of rotatable bonds is 5. The molecule has 1 aromatic carbocycles. The average molecular weight is 315 g/mol. The summed E-state index contributed by atoms with van der Waals surface area (Å²) >= 11 is 12.5. The van der Waals surface area contributed by atoms with Gasteiger partial charge in [0.2, 0.25) is 0 Å². The van der Waals surface area contributed by atoms with Crippen molar-refractivity contribution < 1.29 is 0 Å². The lowest BCUT2D eigenvalue weighted by molar-refractivity contribution is 0.169. The van der Waals surface area contributed by atoms with Gasteiger partial charge in [0.1, 0.15) is 0 Å². The molecular formula is C16H24Cl2N2. The van der Waals surface area contributed by atoms with Gasteiger partial charge in [0.25, 0.3) is 0 Å². The largest absolute Gasteiger partial charge is 0.330 e. The molecule has 0 spiro atoms. The van der Waals surface area contributed by atoms with Crippen LogP contribution in [0, 0.1) is 5.92 Å². The molecule has 2 N–H and O–H groups in total. The van der Waals surface area contributed by atoms with E-state index < -0.39 is 0 Å².